The van der Waals surface area contributed by atoms with E-state index in [-0.39, 0.29) is 11.8 Å². The molecule has 120 valence electrons. The van der Waals surface area contributed by atoms with Crippen LogP contribution >= 0.6 is 0 Å². The number of hydrogen-bond donors (Lipinski definition) is 3. The summed E-state index contributed by atoms with van der Waals surface area (Å²) in [5.41, 5.74) is 7.79. The molecule has 1 atom stereocenters. The van der Waals surface area contributed by atoms with Gasteiger partial charge in [0.05, 0.1) is 0 Å². The maximum absolute atomic E-state index is 12.0. The Bertz CT molecular complexity index is 654. The Labute approximate surface area is 135 Å². The van der Waals surface area contributed by atoms with Crippen LogP contribution in [0.2, 0.25) is 0 Å². The fourth-order valence-electron chi connectivity index (χ4n) is 2.30. The molecule has 4 N–H and O–H groups in total. The van der Waals surface area contributed by atoms with Crippen LogP contribution < -0.4 is 16.4 Å². The summed E-state index contributed by atoms with van der Waals surface area (Å²) in [5.74, 6) is 0.194. The summed E-state index contributed by atoms with van der Waals surface area (Å²) in [6.45, 7) is 2.50. The van der Waals surface area contributed by atoms with Crippen molar-refractivity contribution in [3.05, 3.63) is 65.7 Å². The molecule has 5 heteroatoms. The van der Waals surface area contributed by atoms with E-state index in [9.17, 15) is 9.59 Å². The highest BCUT2D eigenvalue weighted by Gasteiger charge is 2.10. The Hall–Kier alpha value is -2.82. The van der Waals surface area contributed by atoms with Crippen LogP contribution in [0.25, 0.3) is 0 Å². The number of anilines is 1. The molecule has 0 radical (unpaired) electrons. The Balaban J connectivity index is 1.81. The summed E-state index contributed by atoms with van der Waals surface area (Å²) in [6, 6.07) is 16.6. The van der Waals surface area contributed by atoms with E-state index in [1.54, 1.807) is 12.1 Å². The van der Waals surface area contributed by atoms with Crippen molar-refractivity contribution < 1.29 is 9.59 Å². The zero-order valence-electron chi connectivity index (χ0n) is 13.1. The lowest BCUT2D eigenvalue weighted by Crippen LogP contribution is -2.24. The molecule has 0 saturated carbocycles. The molecule has 1 unspecified atom stereocenters. The standard InChI is InChI=1S/C18H21N3O2/c1-13(15-5-3-2-4-6-15)11-17(22)20-12-14-7-9-16(10-8-14)21-18(19)23/h2-10,13H,11-12H2,1H3,(H,20,22)(H3,19,21,23). The van der Waals surface area contributed by atoms with Gasteiger partial charge in [-0.3, -0.25) is 4.79 Å². The lowest BCUT2D eigenvalue weighted by Gasteiger charge is -2.12. The van der Waals surface area contributed by atoms with Crippen LogP contribution in [0.15, 0.2) is 54.6 Å². The second-order valence-corrected chi connectivity index (χ2v) is 5.48. The molecule has 0 saturated heterocycles. The predicted molar refractivity (Wildman–Crippen MR) is 91.0 cm³/mol. The minimum atomic E-state index is -0.596. The van der Waals surface area contributed by atoms with Crippen molar-refractivity contribution in [1.82, 2.24) is 5.32 Å². The normalized spacial score (nSPS) is 11.5. The van der Waals surface area contributed by atoms with Gasteiger partial charge < -0.3 is 16.4 Å². The van der Waals surface area contributed by atoms with Gasteiger partial charge >= 0.3 is 6.03 Å². The number of primary amides is 1. The average Bonchev–Trinajstić information content (AvgIpc) is 2.54. The molecular formula is C18H21N3O2. The summed E-state index contributed by atoms with van der Waals surface area (Å²) in [5, 5.41) is 5.40. The van der Waals surface area contributed by atoms with Crippen LogP contribution in [0.3, 0.4) is 0 Å². The maximum atomic E-state index is 12.0. The van der Waals surface area contributed by atoms with Crippen LogP contribution in [-0.2, 0) is 11.3 Å². The van der Waals surface area contributed by atoms with Crippen LogP contribution in [0.1, 0.15) is 30.4 Å². The monoisotopic (exact) mass is 311 g/mol. The van der Waals surface area contributed by atoms with Gasteiger partial charge in [0.1, 0.15) is 0 Å². The van der Waals surface area contributed by atoms with Gasteiger partial charge in [-0.2, -0.15) is 0 Å². The first-order chi connectivity index (χ1) is 11.0. The summed E-state index contributed by atoms with van der Waals surface area (Å²) < 4.78 is 0. The molecule has 0 aliphatic rings. The highest BCUT2D eigenvalue weighted by Crippen LogP contribution is 2.18. The van der Waals surface area contributed by atoms with E-state index in [1.165, 1.54) is 0 Å². The third-order valence-corrected chi connectivity index (χ3v) is 3.57. The van der Waals surface area contributed by atoms with Gasteiger partial charge in [0.15, 0.2) is 0 Å². The number of hydrogen-bond acceptors (Lipinski definition) is 2. The Morgan fingerprint density at radius 3 is 2.30 bits per heavy atom. The zero-order chi connectivity index (χ0) is 16.7. The number of carbonyl (C=O) groups excluding carboxylic acids is 2. The number of nitrogens with one attached hydrogen (secondary N) is 2. The Kier molecular flexibility index (Phi) is 5.74. The summed E-state index contributed by atoms with van der Waals surface area (Å²) >= 11 is 0. The van der Waals surface area contributed by atoms with E-state index >= 15 is 0 Å². The second-order valence-electron chi connectivity index (χ2n) is 5.48. The quantitative estimate of drug-likeness (QED) is 0.766. The van der Waals surface area contributed by atoms with Gasteiger partial charge in [-0.05, 0) is 29.2 Å². The number of nitrogens with two attached hydrogens (primary N) is 1. The number of rotatable bonds is 6. The molecule has 5 nitrogen and oxygen atoms in total. The van der Waals surface area contributed by atoms with E-state index in [4.69, 9.17) is 5.73 Å². The molecule has 2 aromatic rings. The third-order valence-electron chi connectivity index (χ3n) is 3.57. The Morgan fingerprint density at radius 2 is 1.70 bits per heavy atom. The smallest absolute Gasteiger partial charge is 0.316 e. The highest BCUT2D eigenvalue weighted by atomic mass is 16.2. The van der Waals surface area contributed by atoms with Crippen molar-refractivity contribution in [3.8, 4) is 0 Å². The molecule has 3 amide bonds. The number of benzene rings is 2. The van der Waals surface area contributed by atoms with Gasteiger partial charge in [0, 0.05) is 18.7 Å². The van der Waals surface area contributed by atoms with E-state index < -0.39 is 6.03 Å². The number of amides is 3. The minimum absolute atomic E-state index is 0.0145. The van der Waals surface area contributed by atoms with Crippen molar-refractivity contribution in [1.29, 1.82) is 0 Å². The molecule has 0 fully saturated rings. The largest absolute Gasteiger partial charge is 0.352 e. The van der Waals surface area contributed by atoms with Crippen LogP contribution in [0.5, 0.6) is 0 Å². The highest BCUT2D eigenvalue weighted by molar-refractivity contribution is 5.87. The summed E-state index contributed by atoms with van der Waals surface area (Å²) in [6.07, 6.45) is 0.450. The van der Waals surface area contributed by atoms with E-state index in [1.807, 2.05) is 49.4 Å². The molecule has 0 aromatic heterocycles. The molecule has 0 bridgehead atoms. The number of carbonyl (C=O) groups is 2. The van der Waals surface area contributed by atoms with Gasteiger partial charge in [0.2, 0.25) is 5.91 Å². The molecule has 0 heterocycles. The first kappa shape index (κ1) is 16.5. The van der Waals surface area contributed by atoms with Crippen molar-refractivity contribution in [3.63, 3.8) is 0 Å². The average molecular weight is 311 g/mol. The molecule has 23 heavy (non-hydrogen) atoms. The molecule has 0 aliphatic carbocycles. The lowest BCUT2D eigenvalue weighted by atomic mass is 9.97. The number of urea groups is 1. The molecule has 0 spiro atoms. The third kappa shape index (κ3) is 5.47. The van der Waals surface area contributed by atoms with Gasteiger partial charge in [0.25, 0.3) is 0 Å². The van der Waals surface area contributed by atoms with Crippen molar-refractivity contribution >= 4 is 17.6 Å². The van der Waals surface area contributed by atoms with E-state index in [0.717, 1.165) is 11.1 Å². The van der Waals surface area contributed by atoms with Crippen molar-refractivity contribution in [2.24, 2.45) is 5.73 Å². The van der Waals surface area contributed by atoms with Crippen molar-refractivity contribution in [2.45, 2.75) is 25.8 Å². The molecule has 2 aromatic carbocycles. The second kappa shape index (κ2) is 7.98. The van der Waals surface area contributed by atoms with Gasteiger partial charge in [-0.25, -0.2) is 4.79 Å². The van der Waals surface area contributed by atoms with Crippen molar-refractivity contribution in [2.75, 3.05) is 5.32 Å². The maximum Gasteiger partial charge on any atom is 0.316 e. The molecular weight excluding hydrogens is 290 g/mol. The predicted octanol–water partition coefficient (Wildman–Crippen LogP) is 2.99. The topological polar surface area (TPSA) is 84.2 Å². The zero-order valence-corrected chi connectivity index (χ0v) is 13.1. The summed E-state index contributed by atoms with van der Waals surface area (Å²) in [4.78, 5) is 22.8. The SMILES string of the molecule is CC(CC(=O)NCc1ccc(NC(N)=O)cc1)c1ccccc1. The van der Waals surface area contributed by atoms with E-state index in [2.05, 4.69) is 10.6 Å². The fraction of sp³-hybridized carbons (Fsp3) is 0.222. The van der Waals surface area contributed by atoms with E-state index in [0.29, 0.717) is 18.7 Å². The molecule has 0 aliphatic heterocycles. The van der Waals surface area contributed by atoms with Gasteiger partial charge in [-0.15, -0.1) is 0 Å². The van der Waals surface area contributed by atoms with Crippen LogP contribution in [0, 0.1) is 0 Å². The summed E-state index contributed by atoms with van der Waals surface area (Å²) in [7, 11) is 0. The lowest BCUT2D eigenvalue weighted by molar-refractivity contribution is -0.121. The first-order valence-corrected chi connectivity index (χ1v) is 7.51. The van der Waals surface area contributed by atoms with Crippen LogP contribution in [0.4, 0.5) is 10.5 Å². The minimum Gasteiger partial charge on any atom is -0.352 e. The Morgan fingerprint density at radius 1 is 1.04 bits per heavy atom. The molecule has 2 rings (SSSR count). The first-order valence-electron chi connectivity index (χ1n) is 7.51. The van der Waals surface area contributed by atoms with Crippen LogP contribution in [-0.4, -0.2) is 11.9 Å². The fourth-order valence-corrected chi connectivity index (χ4v) is 2.30. The van der Waals surface area contributed by atoms with Gasteiger partial charge in [-0.1, -0.05) is 49.4 Å².